The van der Waals surface area contributed by atoms with Crippen LogP contribution in [0.4, 0.5) is 0 Å². The molecule has 130 valence electrons. The summed E-state index contributed by atoms with van der Waals surface area (Å²) in [5.74, 6) is -0.580. The van der Waals surface area contributed by atoms with Gasteiger partial charge in [0.15, 0.2) is 5.78 Å². The highest BCUT2D eigenvalue weighted by Crippen LogP contribution is 2.30. The van der Waals surface area contributed by atoms with Crippen molar-refractivity contribution in [1.29, 1.82) is 0 Å². The van der Waals surface area contributed by atoms with Crippen molar-refractivity contribution in [1.82, 2.24) is 5.32 Å². The largest absolute Gasteiger partial charge is 0.466 e. The summed E-state index contributed by atoms with van der Waals surface area (Å²) in [6, 6.07) is -0.436. The van der Waals surface area contributed by atoms with Crippen LogP contribution < -0.4 is 5.32 Å². The quantitative estimate of drug-likeness (QED) is 0.630. The highest BCUT2D eigenvalue weighted by molar-refractivity contribution is 5.99. The fourth-order valence-corrected chi connectivity index (χ4v) is 2.73. The average Bonchev–Trinajstić information content (AvgIpc) is 2.50. The Morgan fingerprint density at radius 1 is 1.35 bits per heavy atom. The molecule has 6 heteroatoms. The lowest BCUT2D eigenvalue weighted by Gasteiger charge is -2.38. The van der Waals surface area contributed by atoms with E-state index in [-0.39, 0.29) is 35.6 Å². The Hall–Kier alpha value is -1.69. The molecule has 23 heavy (non-hydrogen) atoms. The molecule has 2 saturated heterocycles. The molecule has 0 aromatic carbocycles. The summed E-state index contributed by atoms with van der Waals surface area (Å²) < 4.78 is 9.85. The predicted octanol–water partition coefficient (Wildman–Crippen LogP) is 1.63. The van der Waals surface area contributed by atoms with E-state index in [2.05, 4.69) is 10.1 Å². The second-order valence-corrected chi connectivity index (χ2v) is 5.74. The number of hydrogen-bond donors (Lipinski definition) is 1. The number of carbonyl (C=O) groups excluding carboxylic acids is 3. The molecule has 2 fully saturated rings. The minimum absolute atomic E-state index is 0.0488. The van der Waals surface area contributed by atoms with Gasteiger partial charge >= 0.3 is 5.97 Å². The second-order valence-electron chi connectivity index (χ2n) is 5.74. The van der Waals surface area contributed by atoms with Crippen LogP contribution in [0, 0.1) is 11.8 Å². The number of nitrogens with one attached hydrogen (secondary N) is 1. The third kappa shape index (κ3) is 5.78. The smallest absolute Gasteiger partial charge is 0.302 e. The number of allylic oxidation sites excluding steroid dienone is 1. The van der Waals surface area contributed by atoms with E-state index >= 15 is 0 Å². The first-order valence-electron chi connectivity index (χ1n) is 8.16. The summed E-state index contributed by atoms with van der Waals surface area (Å²) in [5, 5.41) is 2.76. The maximum atomic E-state index is 12.2. The highest BCUT2D eigenvalue weighted by Gasteiger charge is 2.45. The Labute approximate surface area is 137 Å². The maximum absolute atomic E-state index is 12.2. The van der Waals surface area contributed by atoms with Crippen LogP contribution in [-0.4, -0.2) is 43.0 Å². The second kappa shape index (κ2) is 9.45. The van der Waals surface area contributed by atoms with Crippen molar-refractivity contribution in [3.63, 3.8) is 0 Å². The van der Waals surface area contributed by atoms with Gasteiger partial charge < -0.3 is 14.8 Å². The Morgan fingerprint density at radius 3 is 2.57 bits per heavy atom. The molecule has 2 rings (SSSR count). The zero-order chi connectivity index (χ0) is 17.4. The number of ether oxygens (including phenoxy) is 2. The first kappa shape index (κ1) is 19.4. The minimum atomic E-state index is -0.436. The van der Waals surface area contributed by atoms with Crippen LogP contribution in [0.5, 0.6) is 0 Å². The van der Waals surface area contributed by atoms with Crippen molar-refractivity contribution in [3.05, 3.63) is 12.2 Å². The third-order valence-corrected chi connectivity index (χ3v) is 3.85. The summed E-state index contributed by atoms with van der Waals surface area (Å²) in [4.78, 5) is 33.9. The lowest BCUT2D eigenvalue weighted by atomic mass is 9.77. The molecule has 0 radical (unpaired) electrons. The molecule has 2 aliphatic heterocycles. The summed E-state index contributed by atoms with van der Waals surface area (Å²) in [6.45, 7) is 7.98. The van der Waals surface area contributed by atoms with Crippen LogP contribution in [0.3, 0.4) is 0 Å². The predicted molar refractivity (Wildman–Crippen MR) is 85.7 cm³/mol. The molecule has 4 atom stereocenters. The summed E-state index contributed by atoms with van der Waals surface area (Å²) >= 11 is 0. The molecule has 1 N–H and O–H groups in total. The number of fused-ring (bicyclic) bond motifs is 1. The van der Waals surface area contributed by atoms with E-state index in [9.17, 15) is 14.4 Å². The topological polar surface area (TPSA) is 81.7 Å². The normalized spacial score (nSPS) is 30.1. The number of amides is 1. The van der Waals surface area contributed by atoms with E-state index < -0.39 is 6.04 Å². The molecule has 0 aliphatic carbocycles. The van der Waals surface area contributed by atoms with Gasteiger partial charge in [0.2, 0.25) is 5.91 Å². The lowest BCUT2D eigenvalue weighted by molar-refractivity contribution is -0.151. The number of Topliss-reactive ketones (excluding diaryl/α,β-unsaturated/α-hetero) is 1. The number of hydrogen-bond acceptors (Lipinski definition) is 5. The van der Waals surface area contributed by atoms with E-state index in [0.717, 1.165) is 6.42 Å². The van der Waals surface area contributed by atoms with Gasteiger partial charge in [-0.05, 0) is 26.7 Å². The molecule has 0 saturated carbocycles. The summed E-state index contributed by atoms with van der Waals surface area (Å²) in [5.41, 5.74) is 0. The standard InChI is InChI=1S/C13H19NO3.C4H8O2/c1-3-4-5-11-12(15)9-6-8(2)17-7-10(9)13(16)14-11;1-3-6-4(2)5/h4-5,8-11H,3,6-7H2,1-2H3,(H,14,16);3H2,1-2H3/b5-4-;. The van der Waals surface area contributed by atoms with Crippen molar-refractivity contribution < 1.29 is 23.9 Å². The van der Waals surface area contributed by atoms with Crippen molar-refractivity contribution in [2.75, 3.05) is 13.2 Å². The van der Waals surface area contributed by atoms with E-state index in [1.165, 1.54) is 6.92 Å². The van der Waals surface area contributed by atoms with Gasteiger partial charge in [0.05, 0.1) is 25.2 Å². The van der Waals surface area contributed by atoms with Crippen molar-refractivity contribution in [2.45, 2.75) is 52.7 Å². The minimum Gasteiger partial charge on any atom is -0.466 e. The van der Waals surface area contributed by atoms with E-state index in [1.807, 2.05) is 19.9 Å². The number of esters is 1. The van der Waals surface area contributed by atoms with E-state index in [0.29, 0.717) is 19.6 Å². The van der Waals surface area contributed by atoms with Crippen LogP contribution in [0.25, 0.3) is 0 Å². The number of carbonyl (C=O) groups is 3. The molecular weight excluding hydrogens is 298 g/mol. The fraction of sp³-hybridized carbons (Fsp3) is 0.706. The van der Waals surface area contributed by atoms with Gasteiger partial charge in [-0.3, -0.25) is 14.4 Å². The molecule has 6 nitrogen and oxygen atoms in total. The van der Waals surface area contributed by atoms with Crippen LogP contribution in [0.2, 0.25) is 0 Å². The monoisotopic (exact) mass is 325 g/mol. The zero-order valence-corrected chi connectivity index (χ0v) is 14.3. The fourth-order valence-electron chi connectivity index (χ4n) is 2.73. The van der Waals surface area contributed by atoms with Crippen LogP contribution in [0.15, 0.2) is 12.2 Å². The van der Waals surface area contributed by atoms with Crippen LogP contribution in [-0.2, 0) is 23.9 Å². The van der Waals surface area contributed by atoms with Crippen LogP contribution in [0.1, 0.15) is 40.5 Å². The Kier molecular flexibility index (Phi) is 7.95. The molecule has 0 bridgehead atoms. The Balaban J connectivity index is 0.000000379. The van der Waals surface area contributed by atoms with Crippen LogP contribution >= 0.6 is 0 Å². The first-order chi connectivity index (χ1) is 10.9. The van der Waals surface area contributed by atoms with Crippen molar-refractivity contribution in [2.24, 2.45) is 11.8 Å². The van der Waals surface area contributed by atoms with Crippen molar-refractivity contribution >= 4 is 17.7 Å². The molecule has 0 spiro atoms. The summed E-state index contributed by atoms with van der Waals surface area (Å²) in [6.07, 6.45) is 5.32. The highest BCUT2D eigenvalue weighted by atomic mass is 16.5. The van der Waals surface area contributed by atoms with Gasteiger partial charge in [-0.1, -0.05) is 19.1 Å². The first-order valence-corrected chi connectivity index (χ1v) is 8.16. The molecule has 2 heterocycles. The molecular formula is C17H27NO5. The number of piperidine rings is 1. The third-order valence-electron chi connectivity index (χ3n) is 3.85. The molecule has 4 unspecified atom stereocenters. The lowest BCUT2D eigenvalue weighted by Crippen LogP contribution is -2.57. The molecule has 0 aromatic heterocycles. The molecule has 1 amide bonds. The Morgan fingerprint density at radius 2 is 2.04 bits per heavy atom. The average molecular weight is 325 g/mol. The number of rotatable bonds is 3. The molecule has 0 aromatic rings. The van der Waals surface area contributed by atoms with Gasteiger partial charge in [0, 0.05) is 12.8 Å². The van der Waals surface area contributed by atoms with Gasteiger partial charge in [-0.2, -0.15) is 0 Å². The SMILES string of the molecule is CC/C=C\C1NC(=O)C2COC(C)CC2C1=O.CCOC(C)=O. The van der Waals surface area contributed by atoms with Gasteiger partial charge in [0.25, 0.3) is 0 Å². The van der Waals surface area contributed by atoms with Gasteiger partial charge in [-0.25, -0.2) is 0 Å². The maximum Gasteiger partial charge on any atom is 0.302 e. The zero-order valence-electron chi connectivity index (χ0n) is 14.3. The molecule has 2 aliphatic rings. The van der Waals surface area contributed by atoms with E-state index in [1.54, 1.807) is 13.0 Å². The number of ketones is 1. The van der Waals surface area contributed by atoms with Gasteiger partial charge in [0.1, 0.15) is 6.04 Å². The van der Waals surface area contributed by atoms with Gasteiger partial charge in [-0.15, -0.1) is 0 Å². The Bertz CT molecular complexity index is 460. The van der Waals surface area contributed by atoms with E-state index in [4.69, 9.17) is 4.74 Å². The van der Waals surface area contributed by atoms with Crippen molar-refractivity contribution in [3.8, 4) is 0 Å². The summed E-state index contributed by atoms with van der Waals surface area (Å²) in [7, 11) is 0.